The Labute approximate surface area is 92.2 Å². The van der Waals surface area contributed by atoms with E-state index in [-0.39, 0.29) is 13.2 Å². The van der Waals surface area contributed by atoms with E-state index >= 15 is 0 Å². The molecule has 0 amide bonds. The molecular formula is C10H12N4O2. The predicted octanol–water partition coefficient (Wildman–Crippen LogP) is -0.307. The minimum absolute atomic E-state index is 0.135. The second-order valence-electron chi connectivity index (χ2n) is 3.37. The molecule has 0 radical (unpaired) electrons. The number of aliphatic hydroxyl groups excluding tert-OH is 2. The van der Waals surface area contributed by atoms with Crippen LogP contribution in [-0.4, -0.2) is 43.1 Å². The molecule has 0 spiro atoms. The van der Waals surface area contributed by atoms with E-state index in [4.69, 9.17) is 5.11 Å². The van der Waals surface area contributed by atoms with Crippen LogP contribution in [0.4, 0.5) is 0 Å². The third-order valence-electron chi connectivity index (χ3n) is 2.07. The summed E-state index contributed by atoms with van der Waals surface area (Å²) in [5.41, 5.74) is 0.868. The highest BCUT2D eigenvalue weighted by Gasteiger charge is 2.08. The molecule has 0 aliphatic carbocycles. The normalized spacial score (nSPS) is 12.6. The largest absolute Gasteiger partial charge is 0.394 e. The molecule has 1 heterocycles. The molecule has 16 heavy (non-hydrogen) atoms. The van der Waals surface area contributed by atoms with E-state index in [0.717, 1.165) is 5.56 Å². The Morgan fingerprint density at radius 3 is 2.69 bits per heavy atom. The smallest absolute Gasteiger partial charge is 0.204 e. The van der Waals surface area contributed by atoms with Crippen molar-refractivity contribution < 1.29 is 10.2 Å². The van der Waals surface area contributed by atoms with Gasteiger partial charge in [0.15, 0.2) is 0 Å². The van der Waals surface area contributed by atoms with Gasteiger partial charge in [-0.05, 0) is 5.21 Å². The second kappa shape index (κ2) is 4.82. The van der Waals surface area contributed by atoms with Gasteiger partial charge in [0.25, 0.3) is 0 Å². The topological polar surface area (TPSA) is 84.1 Å². The summed E-state index contributed by atoms with van der Waals surface area (Å²) in [6.07, 6.45) is -0.863. The van der Waals surface area contributed by atoms with Gasteiger partial charge in [-0.15, -0.1) is 10.2 Å². The van der Waals surface area contributed by atoms with Crippen molar-refractivity contribution in [3.63, 3.8) is 0 Å². The van der Waals surface area contributed by atoms with E-state index in [1.165, 1.54) is 4.80 Å². The van der Waals surface area contributed by atoms with Crippen molar-refractivity contribution in [1.29, 1.82) is 0 Å². The molecule has 2 aromatic rings. The first-order valence-corrected chi connectivity index (χ1v) is 4.92. The van der Waals surface area contributed by atoms with E-state index < -0.39 is 6.10 Å². The number of aromatic nitrogens is 4. The van der Waals surface area contributed by atoms with Crippen LogP contribution < -0.4 is 0 Å². The van der Waals surface area contributed by atoms with Gasteiger partial charge in [0.05, 0.1) is 19.3 Å². The van der Waals surface area contributed by atoms with E-state index in [2.05, 4.69) is 15.4 Å². The fourth-order valence-electron chi connectivity index (χ4n) is 1.27. The number of benzene rings is 1. The highest BCUT2D eigenvalue weighted by Crippen LogP contribution is 2.11. The summed E-state index contributed by atoms with van der Waals surface area (Å²) in [6, 6.07) is 9.44. The van der Waals surface area contributed by atoms with Crippen LogP contribution in [0.25, 0.3) is 11.4 Å². The lowest BCUT2D eigenvalue weighted by molar-refractivity contribution is 0.0742. The maximum absolute atomic E-state index is 9.21. The molecule has 2 N–H and O–H groups in total. The monoisotopic (exact) mass is 220 g/mol. The first-order valence-electron chi connectivity index (χ1n) is 4.92. The van der Waals surface area contributed by atoms with E-state index in [0.29, 0.717) is 5.82 Å². The fraction of sp³-hybridized carbons (Fsp3) is 0.300. The van der Waals surface area contributed by atoms with E-state index in [1.807, 2.05) is 30.3 Å². The van der Waals surface area contributed by atoms with Crippen molar-refractivity contribution >= 4 is 0 Å². The zero-order valence-electron chi connectivity index (χ0n) is 8.56. The quantitative estimate of drug-likeness (QED) is 0.738. The number of aliphatic hydroxyl groups is 2. The minimum atomic E-state index is -0.863. The molecule has 0 fully saturated rings. The predicted molar refractivity (Wildman–Crippen MR) is 56.3 cm³/mol. The molecule has 84 valence electrons. The molecule has 6 heteroatoms. The Balaban J connectivity index is 2.14. The van der Waals surface area contributed by atoms with Crippen LogP contribution in [0.3, 0.4) is 0 Å². The average molecular weight is 220 g/mol. The van der Waals surface area contributed by atoms with Crippen LogP contribution in [0.1, 0.15) is 0 Å². The lowest BCUT2D eigenvalue weighted by atomic mass is 10.2. The first kappa shape index (κ1) is 10.7. The first-order chi connectivity index (χ1) is 7.79. The number of rotatable bonds is 4. The van der Waals surface area contributed by atoms with E-state index in [1.54, 1.807) is 0 Å². The zero-order valence-corrected chi connectivity index (χ0v) is 8.56. The molecule has 6 nitrogen and oxygen atoms in total. The van der Waals surface area contributed by atoms with Gasteiger partial charge in [-0.1, -0.05) is 30.3 Å². The SMILES string of the molecule is OCC(O)Cn1nnc(-c2ccccc2)n1. The van der Waals surface area contributed by atoms with Crippen LogP contribution in [0.5, 0.6) is 0 Å². The van der Waals surface area contributed by atoms with Gasteiger partial charge in [0, 0.05) is 5.56 Å². The van der Waals surface area contributed by atoms with Gasteiger partial charge in [0.2, 0.25) is 5.82 Å². The lowest BCUT2D eigenvalue weighted by Gasteiger charge is -2.03. The van der Waals surface area contributed by atoms with Crippen molar-refractivity contribution in [2.45, 2.75) is 12.6 Å². The van der Waals surface area contributed by atoms with Crippen LogP contribution in [0.15, 0.2) is 30.3 Å². The molecule has 0 saturated heterocycles. The molecule has 0 bridgehead atoms. The van der Waals surface area contributed by atoms with Crippen LogP contribution in [-0.2, 0) is 6.54 Å². The number of nitrogens with zero attached hydrogens (tertiary/aromatic N) is 4. The third-order valence-corrected chi connectivity index (χ3v) is 2.07. The van der Waals surface area contributed by atoms with Gasteiger partial charge in [-0.25, -0.2) is 0 Å². The lowest BCUT2D eigenvalue weighted by Crippen LogP contribution is -2.21. The van der Waals surface area contributed by atoms with Crippen molar-refractivity contribution in [2.75, 3.05) is 6.61 Å². The van der Waals surface area contributed by atoms with Gasteiger partial charge in [0.1, 0.15) is 0 Å². The summed E-state index contributed by atoms with van der Waals surface area (Å²) in [5.74, 6) is 0.505. The number of hydrogen-bond acceptors (Lipinski definition) is 5. The minimum Gasteiger partial charge on any atom is -0.394 e. The van der Waals surface area contributed by atoms with Gasteiger partial charge >= 0.3 is 0 Å². The van der Waals surface area contributed by atoms with E-state index in [9.17, 15) is 5.11 Å². The standard InChI is InChI=1S/C10H12N4O2/c15-7-9(16)6-14-12-10(11-13-14)8-4-2-1-3-5-8/h1-5,9,15-16H,6-7H2. The van der Waals surface area contributed by atoms with Crippen LogP contribution in [0.2, 0.25) is 0 Å². The average Bonchev–Trinajstić information content (AvgIpc) is 2.78. The molecular weight excluding hydrogens is 208 g/mol. The summed E-state index contributed by atoms with van der Waals surface area (Å²) in [5, 5.41) is 29.6. The van der Waals surface area contributed by atoms with Crippen molar-refractivity contribution in [3.8, 4) is 11.4 Å². The molecule has 0 aliphatic rings. The summed E-state index contributed by atoms with van der Waals surface area (Å²) >= 11 is 0. The summed E-state index contributed by atoms with van der Waals surface area (Å²) < 4.78 is 0. The second-order valence-corrected chi connectivity index (χ2v) is 3.37. The Kier molecular flexibility index (Phi) is 3.23. The Bertz CT molecular complexity index is 443. The van der Waals surface area contributed by atoms with Crippen molar-refractivity contribution in [3.05, 3.63) is 30.3 Å². The molecule has 1 unspecified atom stereocenters. The Morgan fingerprint density at radius 1 is 1.25 bits per heavy atom. The molecule has 1 aromatic heterocycles. The summed E-state index contributed by atoms with van der Waals surface area (Å²) in [7, 11) is 0. The van der Waals surface area contributed by atoms with Gasteiger partial charge in [-0.2, -0.15) is 4.80 Å². The molecule has 1 aromatic carbocycles. The summed E-state index contributed by atoms with van der Waals surface area (Å²) in [4.78, 5) is 1.27. The van der Waals surface area contributed by atoms with Crippen LogP contribution >= 0.6 is 0 Å². The number of tetrazole rings is 1. The molecule has 0 aliphatic heterocycles. The summed E-state index contributed by atoms with van der Waals surface area (Å²) in [6.45, 7) is -0.182. The Morgan fingerprint density at radius 2 is 2.00 bits per heavy atom. The zero-order chi connectivity index (χ0) is 11.4. The Hall–Kier alpha value is -1.79. The highest BCUT2D eigenvalue weighted by atomic mass is 16.3. The van der Waals surface area contributed by atoms with Crippen molar-refractivity contribution in [1.82, 2.24) is 20.2 Å². The van der Waals surface area contributed by atoms with Crippen LogP contribution in [0, 0.1) is 0 Å². The maximum Gasteiger partial charge on any atom is 0.204 e. The highest BCUT2D eigenvalue weighted by molar-refractivity contribution is 5.52. The third kappa shape index (κ3) is 2.41. The van der Waals surface area contributed by atoms with Gasteiger partial charge < -0.3 is 10.2 Å². The number of hydrogen-bond donors (Lipinski definition) is 2. The molecule has 0 saturated carbocycles. The van der Waals surface area contributed by atoms with Gasteiger partial charge in [-0.3, -0.25) is 0 Å². The molecule has 2 rings (SSSR count). The molecule has 1 atom stereocenters. The fourth-order valence-corrected chi connectivity index (χ4v) is 1.27. The van der Waals surface area contributed by atoms with Crippen molar-refractivity contribution in [2.24, 2.45) is 0 Å². The maximum atomic E-state index is 9.21.